The zero-order valence-corrected chi connectivity index (χ0v) is 11.6. The first-order valence-corrected chi connectivity index (χ1v) is 6.81. The van der Waals surface area contributed by atoms with Gasteiger partial charge in [0.1, 0.15) is 10.7 Å². The summed E-state index contributed by atoms with van der Waals surface area (Å²) in [4.78, 5) is 23.4. The Morgan fingerprint density at radius 1 is 1.40 bits per heavy atom. The molecule has 1 heterocycles. The number of rotatable bonds is 4. The molecule has 4 N–H and O–H groups in total. The Labute approximate surface area is 119 Å². The Balaban J connectivity index is 2.14. The van der Waals surface area contributed by atoms with E-state index in [1.54, 1.807) is 6.07 Å². The van der Waals surface area contributed by atoms with Gasteiger partial charge >= 0.3 is 0 Å². The maximum atomic E-state index is 13.2. The number of halogens is 1. The van der Waals surface area contributed by atoms with E-state index >= 15 is 0 Å². The highest BCUT2D eigenvalue weighted by Gasteiger charge is 2.16. The monoisotopic (exact) mass is 295 g/mol. The smallest absolute Gasteiger partial charge is 0.263 e. The largest absolute Gasteiger partial charge is 0.397 e. The molecular formula is C13H14FN3O2S. The molecule has 20 heavy (non-hydrogen) atoms. The molecule has 1 aromatic heterocycles. The van der Waals surface area contributed by atoms with Crippen LogP contribution in [0.15, 0.2) is 18.2 Å². The molecule has 0 saturated heterocycles. The van der Waals surface area contributed by atoms with Gasteiger partial charge in [0.05, 0.1) is 5.69 Å². The third kappa shape index (κ3) is 2.88. The van der Waals surface area contributed by atoms with Crippen LogP contribution < -0.4 is 16.4 Å². The lowest BCUT2D eigenvalue weighted by molar-refractivity contribution is -0.120. The Hall–Kier alpha value is -2.15. The Kier molecular flexibility index (Phi) is 4.19. The predicted octanol–water partition coefficient (Wildman–Crippen LogP) is 1.49. The molecule has 0 aliphatic heterocycles. The van der Waals surface area contributed by atoms with Crippen LogP contribution in [0.3, 0.4) is 0 Å². The van der Waals surface area contributed by atoms with Crippen molar-refractivity contribution in [3.8, 4) is 0 Å². The van der Waals surface area contributed by atoms with E-state index in [-0.39, 0.29) is 30.5 Å². The minimum absolute atomic E-state index is 0.156. The number of fused-ring (bicyclic) bond motifs is 1. The van der Waals surface area contributed by atoms with Crippen molar-refractivity contribution in [3.05, 3.63) is 28.9 Å². The first-order valence-electron chi connectivity index (χ1n) is 5.99. The van der Waals surface area contributed by atoms with Crippen molar-refractivity contribution in [2.75, 3.05) is 19.3 Å². The van der Waals surface area contributed by atoms with E-state index in [1.807, 2.05) is 0 Å². The molecule has 2 rings (SSSR count). The summed E-state index contributed by atoms with van der Waals surface area (Å²) in [5, 5.41) is 5.61. The van der Waals surface area contributed by atoms with E-state index in [2.05, 4.69) is 10.6 Å². The predicted molar refractivity (Wildman–Crippen MR) is 77.2 cm³/mol. The van der Waals surface area contributed by atoms with Crippen molar-refractivity contribution in [1.29, 1.82) is 0 Å². The fourth-order valence-electron chi connectivity index (χ4n) is 1.75. The highest BCUT2D eigenvalue weighted by Crippen LogP contribution is 2.33. The number of anilines is 1. The molecule has 0 atom stereocenters. The van der Waals surface area contributed by atoms with Gasteiger partial charge in [-0.15, -0.1) is 11.3 Å². The SMILES string of the molecule is CNC(=O)CCNC(=O)c1sc2ccc(F)cc2c1N. The number of thiophene rings is 1. The van der Waals surface area contributed by atoms with Gasteiger partial charge in [0.25, 0.3) is 5.91 Å². The quantitative estimate of drug-likeness (QED) is 0.799. The molecule has 2 aromatic rings. The third-order valence-corrected chi connectivity index (χ3v) is 4.00. The summed E-state index contributed by atoms with van der Waals surface area (Å²) < 4.78 is 13.9. The van der Waals surface area contributed by atoms with Crippen molar-refractivity contribution in [3.63, 3.8) is 0 Å². The van der Waals surface area contributed by atoms with Gasteiger partial charge in [-0.05, 0) is 18.2 Å². The van der Waals surface area contributed by atoms with Crippen molar-refractivity contribution in [2.24, 2.45) is 0 Å². The molecular weight excluding hydrogens is 281 g/mol. The molecule has 0 fully saturated rings. The molecule has 0 unspecified atom stereocenters. The van der Waals surface area contributed by atoms with Crippen molar-refractivity contribution in [1.82, 2.24) is 10.6 Å². The van der Waals surface area contributed by atoms with Crippen molar-refractivity contribution >= 4 is 38.9 Å². The minimum Gasteiger partial charge on any atom is -0.397 e. The van der Waals surface area contributed by atoms with E-state index in [4.69, 9.17) is 5.73 Å². The van der Waals surface area contributed by atoms with Crippen LogP contribution in [-0.2, 0) is 4.79 Å². The molecule has 5 nitrogen and oxygen atoms in total. The molecule has 0 spiro atoms. The lowest BCUT2D eigenvalue weighted by atomic mass is 10.2. The molecule has 0 aliphatic rings. The molecule has 0 radical (unpaired) electrons. The minimum atomic E-state index is -0.395. The first-order chi connectivity index (χ1) is 9.52. The van der Waals surface area contributed by atoms with E-state index in [9.17, 15) is 14.0 Å². The summed E-state index contributed by atoms with van der Waals surface area (Å²) in [5.74, 6) is -0.904. The van der Waals surface area contributed by atoms with Crippen LogP contribution in [0, 0.1) is 5.82 Å². The number of nitrogens with one attached hydrogen (secondary N) is 2. The average molecular weight is 295 g/mol. The van der Waals surface area contributed by atoms with Crippen molar-refractivity contribution < 1.29 is 14.0 Å². The van der Waals surface area contributed by atoms with Gasteiger partial charge < -0.3 is 16.4 Å². The van der Waals surface area contributed by atoms with Crippen LogP contribution in [0.25, 0.3) is 10.1 Å². The lowest BCUT2D eigenvalue weighted by Gasteiger charge is -2.03. The van der Waals surface area contributed by atoms with Gasteiger partial charge in [0, 0.05) is 30.1 Å². The van der Waals surface area contributed by atoms with Crippen LogP contribution in [0.5, 0.6) is 0 Å². The average Bonchev–Trinajstić information content (AvgIpc) is 2.75. The second kappa shape index (κ2) is 5.87. The van der Waals surface area contributed by atoms with Crippen LogP contribution in [0.2, 0.25) is 0 Å². The molecule has 0 bridgehead atoms. The first kappa shape index (κ1) is 14.3. The number of hydrogen-bond donors (Lipinski definition) is 3. The van der Waals surface area contributed by atoms with Gasteiger partial charge in [-0.3, -0.25) is 9.59 Å². The zero-order valence-electron chi connectivity index (χ0n) is 10.8. The number of nitrogen functional groups attached to an aromatic ring is 1. The Morgan fingerprint density at radius 3 is 2.85 bits per heavy atom. The zero-order chi connectivity index (χ0) is 14.7. The number of amides is 2. The van der Waals surface area contributed by atoms with Crippen LogP contribution in [0.1, 0.15) is 16.1 Å². The highest BCUT2D eigenvalue weighted by atomic mass is 32.1. The molecule has 0 aliphatic carbocycles. The molecule has 2 amide bonds. The van der Waals surface area contributed by atoms with E-state index < -0.39 is 5.82 Å². The Bertz CT molecular complexity index is 669. The summed E-state index contributed by atoms with van der Waals surface area (Å²) in [6.07, 6.45) is 0.196. The van der Waals surface area contributed by atoms with Crippen molar-refractivity contribution in [2.45, 2.75) is 6.42 Å². The van der Waals surface area contributed by atoms with Crippen LogP contribution in [-0.4, -0.2) is 25.4 Å². The van der Waals surface area contributed by atoms with Crippen LogP contribution >= 0.6 is 11.3 Å². The fraction of sp³-hybridized carbons (Fsp3) is 0.231. The molecule has 7 heteroatoms. The van der Waals surface area contributed by atoms with Gasteiger partial charge in [-0.1, -0.05) is 0 Å². The molecule has 1 aromatic carbocycles. The standard InChI is InChI=1S/C13H14FN3O2S/c1-16-10(18)4-5-17-13(19)12-11(15)8-6-7(14)2-3-9(8)20-12/h2-3,6H,4-5,15H2,1H3,(H,16,18)(H,17,19). The summed E-state index contributed by atoms with van der Waals surface area (Å²) >= 11 is 1.20. The summed E-state index contributed by atoms with van der Waals surface area (Å²) in [7, 11) is 1.53. The van der Waals surface area contributed by atoms with E-state index in [0.717, 1.165) is 4.70 Å². The third-order valence-electron chi connectivity index (χ3n) is 2.81. The number of nitrogens with two attached hydrogens (primary N) is 1. The summed E-state index contributed by atoms with van der Waals surface area (Å²) in [6.45, 7) is 0.223. The van der Waals surface area contributed by atoms with E-state index in [0.29, 0.717) is 10.3 Å². The Morgan fingerprint density at radius 2 is 2.15 bits per heavy atom. The number of hydrogen-bond acceptors (Lipinski definition) is 4. The highest BCUT2D eigenvalue weighted by molar-refractivity contribution is 7.21. The van der Waals surface area contributed by atoms with Gasteiger partial charge in [0.2, 0.25) is 5.91 Å². The van der Waals surface area contributed by atoms with Gasteiger partial charge in [-0.25, -0.2) is 4.39 Å². The summed E-state index contributed by atoms with van der Waals surface area (Å²) in [5.41, 5.74) is 6.14. The summed E-state index contributed by atoms with van der Waals surface area (Å²) in [6, 6.07) is 4.22. The number of benzene rings is 1. The fourth-order valence-corrected chi connectivity index (χ4v) is 2.77. The second-order valence-corrected chi connectivity index (χ2v) is 5.22. The number of carbonyl (C=O) groups is 2. The molecule has 0 saturated carbocycles. The topological polar surface area (TPSA) is 84.2 Å². The van der Waals surface area contributed by atoms with Gasteiger partial charge in [-0.2, -0.15) is 0 Å². The normalized spacial score (nSPS) is 10.5. The lowest BCUT2D eigenvalue weighted by Crippen LogP contribution is -2.29. The van der Waals surface area contributed by atoms with Crippen LogP contribution in [0.4, 0.5) is 10.1 Å². The van der Waals surface area contributed by atoms with E-state index in [1.165, 1.54) is 30.5 Å². The maximum absolute atomic E-state index is 13.2. The van der Waals surface area contributed by atoms with Gasteiger partial charge in [0.15, 0.2) is 0 Å². The maximum Gasteiger partial charge on any atom is 0.263 e. The second-order valence-electron chi connectivity index (χ2n) is 4.16. The number of carbonyl (C=O) groups excluding carboxylic acids is 2. The molecule has 106 valence electrons.